The van der Waals surface area contributed by atoms with Crippen molar-refractivity contribution in [2.75, 3.05) is 6.54 Å². The topological polar surface area (TPSA) is 49.3 Å². The Bertz CT molecular complexity index is 624. The highest BCUT2D eigenvalue weighted by molar-refractivity contribution is 7.08. The van der Waals surface area contributed by atoms with Crippen LogP contribution in [0.1, 0.15) is 24.5 Å². The Morgan fingerprint density at radius 3 is 2.43 bits per heavy atom. The number of alkyl halides is 3. The first-order valence-electron chi connectivity index (χ1n) is 6.99. The normalized spacial score (nSPS) is 12.9. The lowest BCUT2D eigenvalue weighted by Gasteiger charge is -2.13. The molecule has 1 heterocycles. The van der Waals surface area contributed by atoms with E-state index in [1.807, 2.05) is 29.0 Å². The van der Waals surface area contributed by atoms with Gasteiger partial charge >= 0.3 is 6.18 Å². The molecule has 2 N–H and O–H groups in total. The quantitative estimate of drug-likeness (QED) is 0.835. The largest absolute Gasteiger partial charge is 0.389 e. The Labute approximate surface area is 135 Å². The molecule has 0 bridgehead atoms. The van der Waals surface area contributed by atoms with Crippen LogP contribution in [0.25, 0.3) is 11.1 Å². The van der Waals surface area contributed by atoms with Crippen LogP contribution >= 0.6 is 11.3 Å². The van der Waals surface area contributed by atoms with E-state index < -0.39 is 31.0 Å². The van der Waals surface area contributed by atoms with Crippen molar-refractivity contribution in [2.45, 2.75) is 25.1 Å². The van der Waals surface area contributed by atoms with Crippen LogP contribution in [0.15, 0.2) is 41.1 Å². The molecule has 0 aliphatic heterocycles. The maximum Gasteiger partial charge on any atom is 0.389 e. The number of carbonyl (C=O) groups is 1. The van der Waals surface area contributed by atoms with Crippen molar-refractivity contribution in [3.63, 3.8) is 0 Å². The Kier molecular flexibility index (Phi) is 5.79. The Morgan fingerprint density at radius 1 is 1.17 bits per heavy atom. The zero-order chi connectivity index (χ0) is 16.9. The van der Waals surface area contributed by atoms with Crippen LogP contribution in [0.5, 0.6) is 0 Å². The first-order chi connectivity index (χ1) is 10.8. The second kappa shape index (κ2) is 7.61. The number of aliphatic hydroxyl groups is 1. The lowest BCUT2D eigenvalue weighted by Crippen LogP contribution is -2.29. The summed E-state index contributed by atoms with van der Waals surface area (Å²) in [4.78, 5) is 11.3. The number of halogens is 3. The summed E-state index contributed by atoms with van der Waals surface area (Å²) in [6.45, 7) is -0.117. The second-order valence-electron chi connectivity index (χ2n) is 5.07. The molecule has 124 valence electrons. The van der Waals surface area contributed by atoms with Gasteiger partial charge in [-0.25, -0.2) is 0 Å². The molecule has 0 aliphatic carbocycles. The van der Waals surface area contributed by atoms with Crippen LogP contribution in [0.2, 0.25) is 0 Å². The van der Waals surface area contributed by atoms with Gasteiger partial charge in [-0.1, -0.05) is 24.3 Å². The smallest absolute Gasteiger partial charge is 0.387 e. The molecular formula is C16H16F3NO2S. The number of nitrogens with one attached hydrogen (secondary N) is 1. The molecule has 2 rings (SSSR count). The Morgan fingerprint density at radius 2 is 1.87 bits per heavy atom. The number of benzene rings is 1. The average molecular weight is 343 g/mol. The molecule has 0 aliphatic rings. The second-order valence-corrected chi connectivity index (χ2v) is 5.85. The standard InChI is InChI=1S/C16H16F3NO2S/c17-16(18,19)7-5-15(22)20-9-14(21)12-3-1-11(2-4-12)13-6-8-23-10-13/h1-4,6,8,10,14,21H,5,7,9H2,(H,20,22). The van der Waals surface area contributed by atoms with Crippen molar-refractivity contribution >= 4 is 17.2 Å². The van der Waals surface area contributed by atoms with Crippen LogP contribution in [0.3, 0.4) is 0 Å². The van der Waals surface area contributed by atoms with E-state index in [2.05, 4.69) is 5.32 Å². The molecule has 0 saturated carbocycles. The summed E-state index contributed by atoms with van der Waals surface area (Å²) in [7, 11) is 0. The van der Waals surface area contributed by atoms with Crippen LogP contribution in [-0.2, 0) is 4.79 Å². The van der Waals surface area contributed by atoms with Crippen molar-refractivity contribution in [1.82, 2.24) is 5.32 Å². The lowest BCUT2D eigenvalue weighted by molar-refractivity contribution is -0.144. The van der Waals surface area contributed by atoms with Gasteiger partial charge in [0.25, 0.3) is 0 Å². The van der Waals surface area contributed by atoms with Gasteiger partial charge in [0.05, 0.1) is 12.5 Å². The van der Waals surface area contributed by atoms with E-state index in [0.29, 0.717) is 5.56 Å². The third-order valence-corrected chi connectivity index (χ3v) is 3.96. The summed E-state index contributed by atoms with van der Waals surface area (Å²) in [6, 6.07) is 9.16. The first-order valence-corrected chi connectivity index (χ1v) is 7.93. The van der Waals surface area contributed by atoms with Gasteiger partial charge in [-0.3, -0.25) is 4.79 Å². The molecule has 7 heteroatoms. The summed E-state index contributed by atoms with van der Waals surface area (Å²) in [5.41, 5.74) is 2.69. The average Bonchev–Trinajstić information content (AvgIpc) is 3.04. The van der Waals surface area contributed by atoms with Crippen molar-refractivity contribution in [1.29, 1.82) is 0 Å². The monoisotopic (exact) mass is 343 g/mol. The molecule has 1 atom stereocenters. The van der Waals surface area contributed by atoms with E-state index in [9.17, 15) is 23.1 Å². The molecule has 1 unspecified atom stereocenters. The fraction of sp³-hybridized carbons (Fsp3) is 0.312. The van der Waals surface area contributed by atoms with Crippen molar-refractivity contribution in [2.24, 2.45) is 0 Å². The summed E-state index contributed by atoms with van der Waals surface area (Å²) in [5, 5.41) is 16.3. The minimum absolute atomic E-state index is 0.117. The fourth-order valence-electron chi connectivity index (χ4n) is 2.00. The van der Waals surface area contributed by atoms with Gasteiger partial charge in [0.15, 0.2) is 0 Å². The molecule has 0 fully saturated rings. The maximum absolute atomic E-state index is 12.0. The van der Waals surface area contributed by atoms with Gasteiger partial charge in [0.2, 0.25) is 5.91 Å². The van der Waals surface area contributed by atoms with Crippen LogP contribution in [-0.4, -0.2) is 23.7 Å². The minimum Gasteiger partial charge on any atom is -0.387 e. The third kappa shape index (κ3) is 5.69. The van der Waals surface area contributed by atoms with Crippen molar-refractivity contribution in [3.05, 3.63) is 46.7 Å². The van der Waals surface area contributed by atoms with Gasteiger partial charge in [0.1, 0.15) is 0 Å². The van der Waals surface area contributed by atoms with E-state index in [0.717, 1.165) is 11.1 Å². The summed E-state index contributed by atoms with van der Waals surface area (Å²) >= 11 is 1.59. The highest BCUT2D eigenvalue weighted by Crippen LogP contribution is 2.24. The zero-order valence-corrected chi connectivity index (χ0v) is 13.0. The molecular weight excluding hydrogens is 327 g/mol. The number of hydrogen-bond donors (Lipinski definition) is 2. The first kappa shape index (κ1) is 17.5. The van der Waals surface area contributed by atoms with Gasteiger partial charge in [-0.2, -0.15) is 24.5 Å². The van der Waals surface area contributed by atoms with Gasteiger partial charge < -0.3 is 10.4 Å². The number of hydrogen-bond acceptors (Lipinski definition) is 3. The molecule has 1 amide bonds. The highest BCUT2D eigenvalue weighted by atomic mass is 32.1. The van der Waals surface area contributed by atoms with E-state index in [-0.39, 0.29) is 6.54 Å². The van der Waals surface area contributed by atoms with Crippen LogP contribution in [0.4, 0.5) is 13.2 Å². The van der Waals surface area contributed by atoms with E-state index in [1.54, 1.807) is 23.5 Å². The molecule has 23 heavy (non-hydrogen) atoms. The van der Waals surface area contributed by atoms with E-state index in [1.165, 1.54) is 0 Å². The molecule has 0 radical (unpaired) electrons. The Balaban J connectivity index is 1.84. The van der Waals surface area contributed by atoms with Crippen molar-refractivity contribution in [3.8, 4) is 11.1 Å². The molecule has 2 aromatic rings. The highest BCUT2D eigenvalue weighted by Gasteiger charge is 2.27. The summed E-state index contributed by atoms with van der Waals surface area (Å²) in [5.74, 6) is -0.726. The predicted octanol–water partition coefficient (Wildman–Crippen LogP) is 3.91. The fourth-order valence-corrected chi connectivity index (χ4v) is 2.66. The van der Waals surface area contributed by atoms with Crippen molar-refractivity contribution < 1.29 is 23.1 Å². The lowest BCUT2D eigenvalue weighted by atomic mass is 10.0. The molecule has 0 saturated heterocycles. The molecule has 0 spiro atoms. The van der Waals surface area contributed by atoms with Gasteiger partial charge in [-0.05, 0) is 33.5 Å². The minimum atomic E-state index is -4.35. The zero-order valence-electron chi connectivity index (χ0n) is 12.1. The maximum atomic E-state index is 12.0. The molecule has 3 nitrogen and oxygen atoms in total. The van der Waals surface area contributed by atoms with Crippen LogP contribution < -0.4 is 5.32 Å². The van der Waals surface area contributed by atoms with E-state index in [4.69, 9.17) is 0 Å². The predicted molar refractivity (Wildman–Crippen MR) is 83.0 cm³/mol. The number of aliphatic hydroxyl groups excluding tert-OH is 1. The van der Waals surface area contributed by atoms with Gasteiger partial charge in [-0.15, -0.1) is 0 Å². The summed E-state index contributed by atoms with van der Waals surface area (Å²) in [6.07, 6.45) is -7.10. The number of rotatable bonds is 6. The molecule has 1 aromatic carbocycles. The van der Waals surface area contributed by atoms with Crippen LogP contribution in [0, 0.1) is 0 Å². The third-order valence-electron chi connectivity index (χ3n) is 3.28. The van der Waals surface area contributed by atoms with E-state index >= 15 is 0 Å². The number of amides is 1. The Hall–Kier alpha value is -1.86. The van der Waals surface area contributed by atoms with Gasteiger partial charge in [0, 0.05) is 13.0 Å². The number of thiophene rings is 1. The SMILES string of the molecule is O=C(CCC(F)(F)F)NCC(O)c1ccc(-c2ccsc2)cc1. The number of carbonyl (C=O) groups excluding carboxylic acids is 1. The summed E-state index contributed by atoms with van der Waals surface area (Å²) < 4.78 is 36.0. The molecule has 1 aromatic heterocycles.